The zero-order chi connectivity index (χ0) is 15.6. The number of carboxylic acids is 1. The lowest BCUT2D eigenvalue weighted by molar-refractivity contribution is -0.383. The molecule has 0 saturated carbocycles. The first-order valence-electron chi connectivity index (χ1n) is 6.66. The average molecular weight is 288 g/mol. The SMILES string of the molecule is CC(C)CC(C(=O)O)c1ccnc2c([N+](=O)[O-])cccc12. The fourth-order valence-electron chi connectivity index (χ4n) is 2.47. The number of para-hydroxylation sites is 1. The van der Waals surface area contributed by atoms with Crippen LogP contribution in [0.1, 0.15) is 31.7 Å². The number of hydrogen-bond acceptors (Lipinski definition) is 4. The van der Waals surface area contributed by atoms with Crippen molar-refractivity contribution in [1.29, 1.82) is 0 Å². The minimum atomic E-state index is -0.928. The molecule has 21 heavy (non-hydrogen) atoms. The monoisotopic (exact) mass is 288 g/mol. The fraction of sp³-hybridized carbons (Fsp3) is 0.333. The summed E-state index contributed by atoms with van der Waals surface area (Å²) in [5, 5.41) is 21.0. The number of benzene rings is 1. The Bertz CT molecular complexity index is 697. The molecule has 1 atom stereocenters. The van der Waals surface area contributed by atoms with Crippen molar-refractivity contribution < 1.29 is 14.8 Å². The van der Waals surface area contributed by atoms with Crippen molar-refractivity contribution in [3.05, 3.63) is 46.1 Å². The first kappa shape index (κ1) is 14.9. The van der Waals surface area contributed by atoms with E-state index < -0.39 is 16.8 Å². The third kappa shape index (κ3) is 2.99. The van der Waals surface area contributed by atoms with Gasteiger partial charge in [-0.1, -0.05) is 26.0 Å². The molecule has 0 fully saturated rings. The van der Waals surface area contributed by atoms with Gasteiger partial charge in [-0.3, -0.25) is 14.9 Å². The molecule has 0 radical (unpaired) electrons. The Balaban J connectivity index is 2.66. The van der Waals surface area contributed by atoms with Crippen LogP contribution >= 0.6 is 0 Å². The lowest BCUT2D eigenvalue weighted by Crippen LogP contribution is -2.14. The zero-order valence-corrected chi connectivity index (χ0v) is 11.8. The van der Waals surface area contributed by atoms with E-state index in [0.29, 0.717) is 17.4 Å². The second-order valence-electron chi connectivity index (χ2n) is 5.35. The molecule has 0 spiro atoms. The van der Waals surface area contributed by atoms with Crippen LogP contribution in [0.5, 0.6) is 0 Å². The van der Waals surface area contributed by atoms with Gasteiger partial charge in [0.1, 0.15) is 5.52 Å². The number of nitrogens with zero attached hydrogens (tertiary/aromatic N) is 2. The summed E-state index contributed by atoms with van der Waals surface area (Å²) < 4.78 is 0. The number of aliphatic carboxylic acids is 1. The fourth-order valence-corrected chi connectivity index (χ4v) is 2.47. The van der Waals surface area contributed by atoms with Gasteiger partial charge < -0.3 is 5.11 Å². The van der Waals surface area contributed by atoms with E-state index in [4.69, 9.17) is 0 Å². The summed E-state index contributed by atoms with van der Waals surface area (Å²) in [4.78, 5) is 26.1. The molecule has 1 unspecified atom stereocenters. The van der Waals surface area contributed by atoms with Gasteiger partial charge in [0.05, 0.1) is 10.8 Å². The number of hydrogen-bond donors (Lipinski definition) is 1. The third-order valence-corrected chi connectivity index (χ3v) is 3.36. The molecule has 1 N–H and O–H groups in total. The molecule has 110 valence electrons. The topological polar surface area (TPSA) is 93.3 Å². The minimum absolute atomic E-state index is 0.108. The normalized spacial score (nSPS) is 12.5. The summed E-state index contributed by atoms with van der Waals surface area (Å²) in [5.41, 5.74) is 0.697. The average Bonchev–Trinajstić information content (AvgIpc) is 2.43. The number of nitro benzene ring substituents is 1. The van der Waals surface area contributed by atoms with Crippen molar-refractivity contribution >= 4 is 22.6 Å². The van der Waals surface area contributed by atoms with Crippen molar-refractivity contribution in [3.8, 4) is 0 Å². The maximum Gasteiger partial charge on any atom is 0.311 e. The van der Waals surface area contributed by atoms with E-state index in [9.17, 15) is 20.0 Å². The summed E-state index contributed by atoms with van der Waals surface area (Å²) in [6.45, 7) is 3.89. The standard InChI is InChI=1S/C15H16N2O4/c1-9(2)8-12(15(18)19)10-6-7-16-14-11(10)4-3-5-13(14)17(20)21/h3-7,9,12H,8H2,1-2H3,(H,18,19). The first-order valence-corrected chi connectivity index (χ1v) is 6.66. The molecule has 0 aliphatic rings. The van der Waals surface area contributed by atoms with E-state index in [0.717, 1.165) is 0 Å². The Morgan fingerprint density at radius 3 is 2.67 bits per heavy atom. The molecule has 1 heterocycles. The van der Waals surface area contributed by atoms with E-state index in [1.807, 2.05) is 13.8 Å². The molecule has 2 aromatic rings. The zero-order valence-electron chi connectivity index (χ0n) is 11.8. The molecule has 0 aliphatic heterocycles. The van der Waals surface area contributed by atoms with Gasteiger partial charge in [0.25, 0.3) is 5.69 Å². The van der Waals surface area contributed by atoms with Gasteiger partial charge in [0.15, 0.2) is 0 Å². The third-order valence-electron chi connectivity index (χ3n) is 3.36. The second kappa shape index (κ2) is 5.87. The molecule has 6 heteroatoms. The van der Waals surface area contributed by atoms with Crippen molar-refractivity contribution in [3.63, 3.8) is 0 Å². The number of rotatable bonds is 5. The number of fused-ring (bicyclic) bond motifs is 1. The largest absolute Gasteiger partial charge is 0.481 e. The molecule has 0 saturated heterocycles. The molecule has 1 aromatic carbocycles. The lowest BCUT2D eigenvalue weighted by atomic mass is 9.88. The maximum absolute atomic E-state index is 11.5. The van der Waals surface area contributed by atoms with Crippen molar-refractivity contribution in [2.75, 3.05) is 0 Å². The molecule has 0 amide bonds. The molecule has 2 rings (SSSR count). The van der Waals surface area contributed by atoms with Crippen molar-refractivity contribution in [2.24, 2.45) is 5.92 Å². The van der Waals surface area contributed by atoms with Crippen LogP contribution in [0, 0.1) is 16.0 Å². The summed E-state index contributed by atoms with van der Waals surface area (Å²) in [5.74, 6) is -1.42. The number of carbonyl (C=O) groups is 1. The quantitative estimate of drug-likeness (QED) is 0.672. The van der Waals surface area contributed by atoms with Crippen LogP contribution in [0.2, 0.25) is 0 Å². The second-order valence-corrected chi connectivity index (χ2v) is 5.35. The predicted molar refractivity (Wildman–Crippen MR) is 78.2 cm³/mol. The number of aromatic nitrogens is 1. The van der Waals surface area contributed by atoms with Crippen LogP contribution in [0.15, 0.2) is 30.5 Å². The first-order chi connectivity index (χ1) is 9.91. The molecule has 0 bridgehead atoms. The molecule has 0 aliphatic carbocycles. The van der Waals surface area contributed by atoms with Gasteiger partial charge in [-0.05, 0) is 24.0 Å². The van der Waals surface area contributed by atoms with E-state index in [1.54, 1.807) is 18.2 Å². The Kier molecular flexibility index (Phi) is 4.16. The number of carboxylic acid groups (broad SMARTS) is 1. The highest BCUT2D eigenvalue weighted by Gasteiger charge is 2.25. The summed E-state index contributed by atoms with van der Waals surface area (Å²) in [6.07, 6.45) is 1.90. The lowest BCUT2D eigenvalue weighted by Gasteiger charge is -2.16. The maximum atomic E-state index is 11.5. The minimum Gasteiger partial charge on any atom is -0.481 e. The van der Waals surface area contributed by atoms with Crippen LogP contribution in [0.25, 0.3) is 10.9 Å². The summed E-state index contributed by atoms with van der Waals surface area (Å²) in [6, 6.07) is 6.24. The van der Waals surface area contributed by atoms with E-state index in [2.05, 4.69) is 4.98 Å². The summed E-state index contributed by atoms with van der Waals surface area (Å²) in [7, 11) is 0. The van der Waals surface area contributed by atoms with Crippen LogP contribution in [-0.2, 0) is 4.79 Å². The molecule has 1 aromatic heterocycles. The summed E-state index contributed by atoms with van der Waals surface area (Å²) >= 11 is 0. The highest BCUT2D eigenvalue weighted by Crippen LogP contribution is 2.32. The van der Waals surface area contributed by atoms with Gasteiger partial charge in [-0.25, -0.2) is 4.98 Å². The molecular weight excluding hydrogens is 272 g/mol. The predicted octanol–water partition coefficient (Wildman–Crippen LogP) is 3.36. The van der Waals surface area contributed by atoms with Crippen LogP contribution < -0.4 is 0 Å². The van der Waals surface area contributed by atoms with Gasteiger partial charge in [-0.15, -0.1) is 0 Å². The van der Waals surface area contributed by atoms with Crippen molar-refractivity contribution in [1.82, 2.24) is 4.98 Å². The van der Waals surface area contributed by atoms with E-state index >= 15 is 0 Å². The number of nitro groups is 1. The van der Waals surface area contributed by atoms with Gasteiger partial charge in [-0.2, -0.15) is 0 Å². The Hall–Kier alpha value is -2.50. The van der Waals surface area contributed by atoms with Crippen LogP contribution in [0.3, 0.4) is 0 Å². The Morgan fingerprint density at radius 2 is 2.10 bits per heavy atom. The number of non-ortho nitro benzene ring substituents is 1. The Labute approximate surface area is 121 Å². The van der Waals surface area contributed by atoms with Gasteiger partial charge in [0.2, 0.25) is 0 Å². The van der Waals surface area contributed by atoms with E-state index in [1.165, 1.54) is 12.3 Å². The van der Waals surface area contributed by atoms with Crippen LogP contribution in [-0.4, -0.2) is 21.0 Å². The highest BCUT2D eigenvalue weighted by molar-refractivity contribution is 5.93. The molecular formula is C15H16N2O4. The highest BCUT2D eigenvalue weighted by atomic mass is 16.6. The van der Waals surface area contributed by atoms with Gasteiger partial charge >= 0.3 is 5.97 Å². The smallest absolute Gasteiger partial charge is 0.311 e. The number of pyridine rings is 1. The Morgan fingerprint density at radius 1 is 1.38 bits per heavy atom. The van der Waals surface area contributed by atoms with Gasteiger partial charge in [0, 0.05) is 17.6 Å². The molecule has 6 nitrogen and oxygen atoms in total. The van der Waals surface area contributed by atoms with E-state index in [-0.39, 0.29) is 17.1 Å². The van der Waals surface area contributed by atoms with Crippen molar-refractivity contribution in [2.45, 2.75) is 26.2 Å². The van der Waals surface area contributed by atoms with Crippen LogP contribution in [0.4, 0.5) is 5.69 Å².